The molecule has 1 aromatic carbocycles. The van der Waals surface area contributed by atoms with E-state index in [0.717, 1.165) is 5.56 Å². The van der Waals surface area contributed by atoms with Gasteiger partial charge in [0.2, 0.25) is 11.8 Å². The molecule has 0 bridgehead atoms. The van der Waals surface area contributed by atoms with Gasteiger partial charge in [-0.3, -0.25) is 14.3 Å². The zero-order chi connectivity index (χ0) is 17.0. The number of nitrogens with one attached hydrogen (secondary N) is 3. The van der Waals surface area contributed by atoms with Crippen molar-refractivity contribution in [2.45, 2.75) is 13.0 Å². The highest BCUT2D eigenvalue weighted by molar-refractivity contribution is 6.34. The highest BCUT2D eigenvalue weighted by Gasteiger charge is 2.20. The predicted octanol–water partition coefficient (Wildman–Crippen LogP) is 2.35. The summed E-state index contributed by atoms with van der Waals surface area (Å²) >= 11 is 6.10. The molecule has 0 saturated heterocycles. The lowest BCUT2D eigenvalue weighted by Crippen LogP contribution is -2.30. The molecule has 0 aliphatic carbocycles. The van der Waals surface area contributed by atoms with Crippen molar-refractivity contribution in [3.63, 3.8) is 0 Å². The van der Waals surface area contributed by atoms with Crippen LogP contribution in [0.3, 0.4) is 0 Å². The Hall–Kier alpha value is -2.09. The Morgan fingerprint density at radius 3 is 2.50 bits per heavy atom. The minimum Gasteiger partial charge on any atom is -0.325 e. The Morgan fingerprint density at radius 2 is 2.00 bits per heavy atom. The Bertz CT molecular complexity index is 732. The Kier molecular flexibility index (Phi) is 7.21. The predicted molar refractivity (Wildman–Crippen MR) is 96.6 cm³/mol. The van der Waals surface area contributed by atoms with Crippen LogP contribution >= 0.6 is 24.0 Å². The van der Waals surface area contributed by atoms with Crippen molar-refractivity contribution in [3.8, 4) is 0 Å². The third-order valence-corrected chi connectivity index (χ3v) is 3.47. The minimum atomic E-state index is -0.530. The van der Waals surface area contributed by atoms with Gasteiger partial charge in [0.15, 0.2) is 0 Å². The summed E-state index contributed by atoms with van der Waals surface area (Å²) in [4.78, 5) is 23.5. The lowest BCUT2D eigenvalue weighted by atomic mass is 10.1. The van der Waals surface area contributed by atoms with Crippen molar-refractivity contribution in [1.29, 1.82) is 0 Å². The lowest BCUT2D eigenvalue weighted by Gasteiger charge is -2.15. The molecule has 1 heterocycles. The van der Waals surface area contributed by atoms with Crippen molar-refractivity contribution in [3.05, 3.63) is 41.2 Å². The number of benzene rings is 1. The highest BCUT2D eigenvalue weighted by Crippen LogP contribution is 2.26. The van der Waals surface area contributed by atoms with Crippen molar-refractivity contribution in [1.82, 2.24) is 15.1 Å². The van der Waals surface area contributed by atoms with E-state index in [0.29, 0.717) is 16.4 Å². The van der Waals surface area contributed by atoms with E-state index in [-0.39, 0.29) is 24.2 Å². The van der Waals surface area contributed by atoms with Gasteiger partial charge in [0.1, 0.15) is 6.04 Å². The largest absolute Gasteiger partial charge is 0.325 e. The van der Waals surface area contributed by atoms with E-state index in [1.54, 1.807) is 49.4 Å². The lowest BCUT2D eigenvalue weighted by molar-refractivity contribution is -0.118. The summed E-state index contributed by atoms with van der Waals surface area (Å²) in [6.07, 6.45) is 3.40. The quantitative estimate of drug-likeness (QED) is 0.752. The van der Waals surface area contributed by atoms with Crippen LogP contribution in [-0.4, -0.2) is 28.6 Å². The van der Waals surface area contributed by atoms with Crippen LogP contribution in [-0.2, 0) is 16.6 Å². The number of aromatic nitrogens is 2. The standard InChI is InChI=1S/C15H18ClN5O2.ClH/c1-9(22)19-13-5-4-11(6-12(13)16)20-15(23)14(17-2)10-7-18-21(3)8-10;/h4-8,14,17H,1-3H3,(H,19,22)(H,20,23);1H. The number of anilines is 2. The number of hydrogen-bond acceptors (Lipinski definition) is 4. The normalized spacial score (nSPS) is 11.3. The Morgan fingerprint density at radius 1 is 1.29 bits per heavy atom. The van der Waals surface area contributed by atoms with Gasteiger partial charge in [-0.1, -0.05) is 11.6 Å². The number of likely N-dealkylation sites (N-methyl/N-ethyl adjacent to an activating group) is 1. The van der Waals surface area contributed by atoms with Crippen LogP contribution in [0.1, 0.15) is 18.5 Å². The second-order valence-corrected chi connectivity index (χ2v) is 5.44. The number of carbonyl (C=O) groups is 2. The first-order valence-corrected chi connectivity index (χ1v) is 7.32. The summed E-state index contributed by atoms with van der Waals surface area (Å²) in [6, 6.07) is 4.36. The fourth-order valence-corrected chi connectivity index (χ4v) is 2.36. The summed E-state index contributed by atoms with van der Waals surface area (Å²) in [7, 11) is 3.48. The second-order valence-electron chi connectivity index (χ2n) is 5.03. The third kappa shape index (κ3) is 4.95. The molecule has 7 nitrogen and oxygen atoms in total. The average Bonchev–Trinajstić information content (AvgIpc) is 2.88. The molecule has 2 rings (SSSR count). The molecule has 0 fully saturated rings. The van der Waals surface area contributed by atoms with Crippen molar-refractivity contribution < 1.29 is 9.59 Å². The molecule has 1 aromatic heterocycles. The van der Waals surface area contributed by atoms with Gasteiger partial charge in [-0.25, -0.2) is 0 Å². The Labute approximate surface area is 151 Å². The first-order chi connectivity index (χ1) is 10.9. The molecule has 1 atom stereocenters. The van der Waals surface area contributed by atoms with Gasteiger partial charge >= 0.3 is 0 Å². The van der Waals surface area contributed by atoms with Gasteiger partial charge in [-0.2, -0.15) is 5.10 Å². The number of carbonyl (C=O) groups excluding carboxylic acids is 2. The highest BCUT2D eigenvalue weighted by atomic mass is 35.5. The molecule has 0 saturated carbocycles. The average molecular weight is 372 g/mol. The number of nitrogens with zero attached hydrogens (tertiary/aromatic N) is 2. The van der Waals surface area contributed by atoms with E-state index in [1.807, 2.05) is 0 Å². The van der Waals surface area contributed by atoms with Crippen molar-refractivity contribution >= 4 is 47.2 Å². The first kappa shape index (κ1) is 20.0. The SMILES string of the molecule is CNC(C(=O)Nc1ccc(NC(C)=O)c(Cl)c1)c1cnn(C)c1.Cl. The zero-order valence-corrected chi connectivity index (χ0v) is 15.0. The van der Waals surface area contributed by atoms with Gasteiger partial charge in [0.05, 0.1) is 16.9 Å². The molecule has 3 N–H and O–H groups in total. The molecular weight excluding hydrogens is 353 g/mol. The topological polar surface area (TPSA) is 88.1 Å². The molecule has 9 heteroatoms. The monoisotopic (exact) mass is 371 g/mol. The van der Waals surface area contributed by atoms with E-state index in [9.17, 15) is 9.59 Å². The molecular formula is C15H19Cl2N5O2. The van der Waals surface area contributed by atoms with Crippen LogP contribution < -0.4 is 16.0 Å². The number of amides is 2. The maximum absolute atomic E-state index is 12.4. The molecule has 24 heavy (non-hydrogen) atoms. The van der Waals surface area contributed by atoms with E-state index < -0.39 is 6.04 Å². The molecule has 130 valence electrons. The summed E-state index contributed by atoms with van der Waals surface area (Å²) in [5, 5.41) is 12.8. The Balaban J connectivity index is 0.00000288. The fourth-order valence-electron chi connectivity index (χ4n) is 2.14. The molecule has 0 aliphatic heterocycles. The van der Waals surface area contributed by atoms with Crippen LogP contribution in [0.15, 0.2) is 30.6 Å². The van der Waals surface area contributed by atoms with Gasteiger partial charge in [0.25, 0.3) is 0 Å². The third-order valence-electron chi connectivity index (χ3n) is 3.16. The zero-order valence-electron chi connectivity index (χ0n) is 13.5. The summed E-state index contributed by atoms with van der Waals surface area (Å²) in [6.45, 7) is 1.40. The van der Waals surface area contributed by atoms with Gasteiger partial charge in [0, 0.05) is 31.4 Å². The molecule has 0 spiro atoms. The maximum atomic E-state index is 12.4. The van der Waals surface area contributed by atoms with Gasteiger partial charge < -0.3 is 16.0 Å². The van der Waals surface area contributed by atoms with Crippen LogP contribution in [0.25, 0.3) is 0 Å². The van der Waals surface area contributed by atoms with E-state index in [4.69, 9.17) is 11.6 Å². The molecule has 1 unspecified atom stereocenters. The van der Waals surface area contributed by atoms with Crippen LogP contribution in [0.4, 0.5) is 11.4 Å². The van der Waals surface area contributed by atoms with E-state index in [2.05, 4.69) is 21.0 Å². The number of aryl methyl sites for hydroxylation is 1. The van der Waals surface area contributed by atoms with Gasteiger partial charge in [-0.15, -0.1) is 12.4 Å². The summed E-state index contributed by atoms with van der Waals surface area (Å²) in [5.41, 5.74) is 1.79. The van der Waals surface area contributed by atoms with Crippen molar-refractivity contribution in [2.75, 3.05) is 17.7 Å². The van der Waals surface area contributed by atoms with Crippen LogP contribution in [0, 0.1) is 0 Å². The van der Waals surface area contributed by atoms with E-state index in [1.165, 1.54) is 6.92 Å². The number of halogens is 2. The van der Waals surface area contributed by atoms with Crippen LogP contribution in [0.2, 0.25) is 5.02 Å². The number of hydrogen-bond donors (Lipinski definition) is 3. The summed E-state index contributed by atoms with van der Waals surface area (Å²) < 4.78 is 1.63. The molecule has 2 amide bonds. The summed E-state index contributed by atoms with van der Waals surface area (Å²) in [5.74, 6) is -0.445. The maximum Gasteiger partial charge on any atom is 0.246 e. The molecule has 2 aromatic rings. The smallest absolute Gasteiger partial charge is 0.246 e. The van der Waals surface area contributed by atoms with E-state index >= 15 is 0 Å². The number of rotatable bonds is 5. The fraction of sp³-hybridized carbons (Fsp3) is 0.267. The van der Waals surface area contributed by atoms with Crippen LogP contribution in [0.5, 0.6) is 0 Å². The molecule has 0 radical (unpaired) electrons. The van der Waals surface area contributed by atoms with Crippen molar-refractivity contribution in [2.24, 2.45) is 7.05 Å². The molecule has 0 aliphatic rings. The first-order valence-electron chi connectivity index (χ1n) is 6.94. The van der Waals surface area contributed by atoms with Gasteiger partial charge in [-0.05, 0) is 25.2 Å². The minimum absolute atomic E-state index is 0. The second kappa shape index (κ2) is 8.68.